The van der Waals surface area contributed by atoms with Gasteiger partial charge in [-0.1, -0.05) is 0 Å². The van der Waals surface area contributed by atoms with Gasteiger partial charge in [-0.2, -0.15) is 0 Å². The van der Waals surface area contributed by atoms with Gasteiger partial charge in [-0.25, -0.2) is 8.42 Å². The molecule has 1 aliphatic carbocycles. The standard InChI is InChI=1S/C8H15NO3S/c10-8-5-13(11,12)4-7(8)9-3-6-1-2-6/h6-10H,1-5H2/t7-,8-/m0/s1. The van der Waals surface area contributed by atoms with Crippen LogP contribution in [0.15, 0.2) is 0 Å². The highest BCUT2D eigenvalue weighted by Crippen LogP contribution is 2.28. The van der Waals surface area contributed by atoms with Crippen LogP contribution < -0.4 is 5.32 Å². The second-order valence-electron chi connectivity index (χ2n) is 4.10. The lowest BCUT2D eigenvalue weighted by molar-refractivity contribution is 0.165. The molecule has 0 spiro atoms. The molecular formula is C8H15NO3S. The first kappa shape index (κ1) is 9.43. The Bertz CT molecular complexity index is 284. The SMILES string of the molecule is O=S1(=O)C[C@H](NCC2CC2)[C@@H](O)C1. The zero-order valence-corrected chi connectivity index (χ0v) is 8.26. The van der Waals surface area contributed by atoms with Crippen molar-refractivity contribution in [3.05, 3.63) is 0 Å². The fourth-order valence-electron chi connectivity index (χ4n) is 1.66. The molecule has 0 aromatic rings. The van der Waals surface area contributed by atoms with Gasteiger partial charge in [0.1, 0.15) is 0 Å². The van der Waals surface area contributed by atoms with E-state index in [9.17, 15) is 13.5 Å². The van der Waals surface area contributed by atoms with E-state index < -0.39 is 15.9 Å². The Morgan fingerprint density at radius 2 is 2.00 bits per heavy atom. The van der Waals surface area contributed by atoms with Crippen molar-refractivity contribution in [2.75, 3.05) is 18.1 Å². The van der Waals surface area contributed by atoms with Crippen molar-refractivity contribution >= 4 is 9.84 Å². The average Bonchev–Trinajstić information content (AvgIpc) is 2.75. The molecule has 0 unspecified atom stereocenters. The third-order valence-corrected chi connectivity index (χ3v) is 4.40. The van der Waals surface area contributed by atoms with Crippen LogP contribution in [0.5, 0.6) is 0 Å². The molecular weight excluding hydrogens is 190 g/mol. The fourth-order valence-corrected chi connectivity index (χ4v) is 3.44. The number of aliphatic hydroxyl groups is 1. The normalized spacial score (nSPS) is 37.9. The molecule has 0 aromatic heterocycles. The number of rotatable bonds is 3. The molecule has 5 heteroatoms. The van der Waals surface area contributed by atoms with Crippen molar-refractivity contribution < 1.29 is 13.5 Å². The van der Waals surface area contributed by atoms with E-state index in [4.69, 9.17) is 0 Å². The molecule has 2 fully saturated rings. The number of nitrogens with one attached hydrogen (secondary N) is 1. The van der Waals surface area contributed by atoms with Crippen molar-refractivity contribution in [2.45, 2.75) is 25.0 Å². The quantitative estimate of drug-likeness (QED) is 0.629. The van der Waals surface area contributed by atoms with E-state index in [1.165, 1.54) is 12.8 Å². The summed E-state index contributed by atoms with van der Waals surface area (Å²) in [6.07, 6.45) is 1.77. The second kappa shape index (κ2) is 3.22. The predicted octanol–water partition coefficient (Wildman–Crippen LogP) is -0.856. The van der Waals surface area contributed by atoms with Crippen LogP contribution in [0.3, 0.4) is 0 Å². The number of sulfone groups is 1. The van der Waals surface area contributed by atoms with Crippen LogP contribution in [0.25, 0.3) is 0 Å². The van der Waals surface area contributed by atoms with Crippen molar-refractivity contribution in [2.24, 2.45) is 5.92 Å². The molecule has 76 valence electrons. The zero-order valence-electron chi connectivity index (χ0n) is 7.44. The third-order valence-electron chi connectivity index (χ3n) is 2.69. The Balaban J connectivity index is 1.85. The molecule has 13 heavy (non-hydrogen) atoms. The minimum absolute atomic E-state index is 0.0741. The molecule has 2 atom stereocenters. The summed E-state index contributed by atoms with van der Waals surface area (Å²) >= 11 is 0. The van der Waals surface area contributed by atoms with Gasteiger partial charge in [-0.05, 0) is 25.3 Å². The van der Waals surface area contributed by atoms with Gasteiger partial charge in [0, 0.05) is 6.04 Å². The molecule has 1 saturated carbocycles. The summed E-state index contributed by atoms with van der Waals surface area (Å²) in [4.78, 5) is 0. The fraction of sp³-hybridized carbons (Fsp3) is 1.00. The lowest BCUT2D eigenvalue weighted by atomic mass is 10.2. The maximum absolute atomic E-state index is 11.1. The van der Waals surface area contributed by atoms with Gasteiger partial charge in [-0.3, -0.25) is 0 Å². The molecule has 2 N–H and O–H groups in total. The summed E-state index contributed by atoms with van der Waals surface area (Å²) in [5.74, 6) is 0.742. The van der Waals surface area contributed by atoms with E-state index in [-0.39, 0.29) is 17.5 Å². The summed E-state index contributed by atoms with van der Waals surface area (Å²) in [7, 11) is -2.98. The van der Waals surface area contributed by atoms with Crippen LogP contribution in [-0.4, -0.2) is 43.7 Å². The van der Waals surface area contributed by atoms with Gasteiger partial charge in [-0.15, -0.1) is 0 Å². The molecule has 2 rings (SSSR count). The monoisotopic (exact) mass is 205 g/mol. The molecule has 0 bridgehead atoms. The molecule has 0 aromatic carbocycles. The van der Waals surface area contributed by atoms with Gasteiger partial charge in [0.25, 0.3) is 0 Å². The highest BCUT2D eigenvalue weighted by Gasteiger charge is 2.36. The van der Waals surface area contributed by atoms with Crippen LogP contribution in [0.1, 0.15) is 12.8 Å². The highest BCUT2D eigenvalue weighted by molar-refractivity contribution is 7.91. The summed E-state index contributed by atoms with van der Waals surface area (Å²) in [6, 6.07) is -0.231. The third kappa shape index (κ3) is 2.42. The van der Waals surface area contributed by atoms with Gasteiger partial charge in [0.15, 0.2) is 9.84 Å². The van der Waals surface area contributed by atoms with Crippen molar-refractivity contribution in [1.82, 2.24) is 5.32 Å². The van der Waals surface area contributed by atoms with E-state index in [2.05, 4.69) is 5.32 Å². The van der Waals surface area contributed by atoms with Crippen LogP contribution in [0.2, 0.25) is 0 Å². The molecule has 4 nitrogen and oxygen atoms in total. The summed E-state index contributed by atoms with van der Waals surface area (Å²) in [5, 5.41) is 12.5. The summed E-state index contributed by atoms with van der Waals surface area (Å²) in [5.41, 5.74) is 0. The van der Waals surface area contributed by atoms with Gasteiger partial charge in [0.05, 0.1) is 17.6 Å². The van der Waals surface area contributed by atoms with Crippen LogP contribution >= 0.6 is 0 Å². The Hall–Kier alpha value is -0.130. The maximum Gasteiger partial charge on any atom is 0.154 e. The Morgan fingerprint density at radius 1 is 1.31 bits per heavy atom. The minimum atomic E-state index is -2.98. The van der Waals surface area contributed by atoms with Crippen LogP contribution in [0.4, 0.5) is 0 Å². The first-order chi connectivity index (χ1) is 6.07. The van der Waals surface area contributed by atoms with Gasteiger partial charge in [0.2, 0.25) is 0 Å². The maximum atomic E-state index is 11.1. The zero-order chi connectivity index (χ0) is 9.47. The van der Waals surface area contributed by atoms with Crippen LogP contribution in [-0.2, 0) is 9.84 Å². The largest absolute Gasteiger partial charge is 0.390 e. The topological polar surface area (TPSA) is 66.4 Å². The van der Waals surface area contributed by atoms with Crippen LogP contribution in [0, 0.1) is 5.92 Å². The van der Waals surface area contributed by atoms with Gasteiger partial charge < -0.3 is 10.4 Å². The molecule has 2 aliphatic rings. The first-order valence-corrected chi connectivity index (χ1v) is 6.51. The molecule has 0 amide bonds. The van der Waals surface area contributed by atoms with E-state index in [1.807, 2.05) is 0 Å². The molecule has 1 saturated heterocycles. The molecule has 1 aliphatic heterocycles. The minimum Gasteiger partial charge on any atom is -0.390 e. The van der Waals surface area contributed by atoms with Crippen molar-refractivity contribution in [1.29, 1.82) is 0 Å². The van der Waals surface area contributed by atoms with Crippen molar-refractivity contribution in [3.63, 3.8) is 0 Å². The Kier molecular flexibility index (Phi) is 2.33. The second-order valence-corrected chi connectivity index (χ2v) is 6.26. The lowest BCUT2D eigenvalue weighted by Gasteiger charge is -2.13. The van der Waals surface area contributed by atoms with E-state index in [0.717, 1.165) is 12.5 Å². The molecule has 1 heterocycles. The highest BCUT2D eigenvalue weighted by atomic mass is 32.2. The lowest BCUT2D eigenvalue weighted by Crippen LogP contribution is -2.39. The number of hydrogen-bond donors (Lipinski definition) is 2. The first-order valence-electron chi connectivity index (χ1n) is 4.69. The number of aliphatic hydroxyl groups excluding tert-OH is 1. The summed E-state index contributed by atoms with van der Waals surface area (Å²) < 4.78 is 22.2. The molecule has 0 radical (unpaired) electrons. The Labute approximate surface area is 78.3 Å². The van der Waals surface area contributed by atoms with Crippen molar-refractivity contribution in [3.8, 4) is 0 Å². The number of hydrogen-bond acceptors (Lipinski definition) is 4. The predicted molar refractivity (Wildman–Crippen MR) is 49.2 cm³/mol. The van der Waals surface area contributed by atoms with E-state index >= 15 is 0 Å². The van der Waals surface area contributed by atoms with E-state index in [0.29, 0.717) is 0 Å². The smallest absolute Gasteiger partial charge is 0.154 e. The Morgan fingerprint density at radius 3 is 2.46 bits per heavy atom. The van der Waals surface area contributed by atoms with E-state index in [1.54, 1.807) is 0 Å². The summed E-state index contributed by atoms with van der Waals surface area (Å²) in [6.45, 7) is 0.858. The average molecular weight is 205 g/mol. The van der Waals surface area contributed by atoms with Gasteiger partial charge >= 0.3 is 0 Å².